The molecule has 4 rings (SSSR count). The van der Waals surface area contributed by atoms with Crippen molar-refractivity contribution in [2.75, 3.05) is 24.5 Å². The summed E-state index contributed by atoms with van der Waals surface area (Å²) in [5.74, 6) is 1.18. The number of aromatic nitrogens is 1. The lowest BCUT2D eigenvalue weighted by atomic mass is 9.77. The third kappa shape index (κ3) is 2.88. The molecule has 0 radical (unpaired) electrons. The van der Waals surface area contributed by atoms with Crippen LogP contribution in [0.4, 0.5) is 5.82 Å². The van der Waals surface area contributed by atoms with Crippen molar-refractivity contribution in [3.05, 3.63) is 23.9 Å². The number of hydrogen-bond donors (Lipinski definition) is 0. The third-order valence-electron chi connectivity index (χ3n) is 6.49. The van der Waals surface area contributed by atoms with Gasteiger partial charge in [0.25, 0.3) is 0 Å². The zero-order valence-electron chi connectivity index (χ0n) is 14.8. The highest BCUT2D eigenvalue weighted by Crippen LogP contribution is 2.44. The first-order valence-electron chi connectivity index (χ1n) is 9.65. The van der Waals surface area contributed by atoms with E-state index in [0.717, 1.165) is 44.7 Å². The largest absolute Gasteiger partial charge is 0.355 e. The first kappa shape index (κ1) is 16.4. The van der Waals surface area contributed by atoms with Gasteiger partial charge in [-0.1, -0.05) is 19.3 Å². The number of nitrogens with zero attached hydrogens (tertiary/aromatic N) is 4. The predicted molar refractivity (Wildman–Crippen MR) is 96.0 cm³/mol. The van der Waals surface area contributed by atoms with Crippen molar-refractivity contribution in [3.8, 4) is 6.07 Å². The van der Waals surface area contributed by atoms with Gasteiger partial charge in [0.2, 0.25) is 5.91 Å². The van der Waals surface area contributed by atoms with Crippen molar-refractivity contribution >= 4 is 11.7 Å². The first-order chi connectivity index (χ1) is 12.2. The summed E-state index contributed by atoms with van der Waals surface area (Å²) in [6, 6.07) is 6.34. The van der Waals surface area contributed by atoms with Crippen molar-refractivity contribution in [1.82, 2.24) is 9.88 Å². The van der Waals surface area contributed by atoms with Crippen molar-refractivity contribution in [2.24, 2.45) is 5.41 Å². The van der Waals surface area contributed by atoms with E-state index in [1.165, 1.54) is 32.1 Å². The summed E-state index contributed by atoms with van der Waals surface area (Å²) in [6.07, 6.45) is 10.8. The van der Waals surface area contributed by atoms with Gasteiger partial charge in [-0.3, -0.25) is 4.79 Å². The minimum Gasteiger partial charge on any atom is -0.355 e. The fraction of sp³-hybridized carbons (Fsp3) is 0.650. The summed E-state index contributed by atoms with van der Waals surface area (Å²) < 4.78 is 0. The number of nitriles is 1. The second kappa shape index (κ2) is 6.67. The molecule has 5 nitrogen and oxygen atoms in total. The van der Waals surface area contributed by atoms with Crippen LogP contribution in [0.3, 0.4) is 0 Å². The number of carbonyl (C=O) groups excluding carboxylic acids is 1. The summed E-state index contributed by atoms with van der Waals surface area (Å²) in [7, 11) is 0. The molecule has 5 heteroatoms. The molecule has 1 aliphatic carbocycles. The minimum atomic E-state index is -0.157. The highest BCUT2D eigenvalue weighted by Gasteiger charge is 2.49. The molecule has 1 amide bonds. The Balaban J connectivity index is 1.44. The second-order valence-electron chi connectivity index (χ2n) is 7.79. The summed E-state index contributed by atoms with van der Waals surface area (Å²) in [6.45, 7) is 2.57. The molecule has 25 heavy (non-hydrogen) atoms. The molecule has 0 bridgehead atoms. The lowest BCUT2D eigenvalue weighted by Crippen LogP contribution is -2.47. The molecule has 2 saturated heterocycles. The molecule has 1 saturated carbocycles. The van der Waals surface area contributed by atoms with E-state index in [-0.39, 0.29) is 5.41 Å². The lowest BCUT2D eigenvalue weighted by Gasteiger charge is -2.39. The fourth-order valence-electron chi connectivity index (χ4n) is 4.94. The molecule has 132 valence electrons. The van der Waals surface area contributed by atoms with Gasteiger partial charge in [0.1, 0.15) is 11.9 Å². The first-order valence-corrected chi connectivity index (χ1v) is 9.65. The Kier molecular flexibility index (Phi) is 4.37. The van der Waals surface area contributed by atoms with Gasteiger partial charge in [0.15, 0.2) is 0 Å². The Hall–Kier alpha value is -2.09. The number of carbonyl (C=O) groups is 1. The van der Waals surface area contributed by atoms with Crippen LogP contribution in [0.15, 0.2) is 18.3 Å². The molecule has 1 aromatic heterocycles. The summed E-state index contributed by atoms with van der Waals surface area (Å²) in [4.78, 5) is 22.0. The van der Waals surface area contributed by atoms with Gasteiger partial charge in [-0.25, -0.2) is 4.98 Å². The van der Waals surface area contributed by atoms with E-state index in [9.17, 15) is 10.1 Å². The topological polar surface area (TPSA) is 60.2 Å². The molecule has 1 aromatic rings. The molecule has 3 aliphatic rings. The summed E-state index contributed by atoms with van der Waals surface area (Å²) in [5, 5.41) is 9.30. The number of likely N-dealkylation sites (tertiary alicyclic amines) is 1. The van der Waals surface area contributed by atoms with E-state index in [4.69, 9.17) is 0 Å². The number of rotatable bonds is 2. The van der Waals surface area contributed by atoms with E-state index in [1.807, 2.05) is 6.07 Å². The molecule has 2 aliphatic heterocycles. The maximum atomic E-state index is 13.2. The molecule has 3 fully saturated rings. The van der Waals surface area contributed by atoms with Crippen LogP contribution in [0.25, 0.3) is 0 Å². The van der Waals surface area contributed by atoms with E-state index in [1.54, 1.807) is 12.3 Å². The Labute approximate surface area is 149 Å². The van der Waals surface area contributed by atoms with Gasteiger partial charge in [-0.05, 0) is 44.2 Å². The molecule has 0 atom stereocenters. The van der Waals surface area contributed by atoms with Crippen LogP contribution in [0, 0.1) is 16.7 Å². The normalized spacial score (nSPS) is 23.9. The zero-order valence-corrected chi connectivity index (χ0v) is 14.8. The van der Waals surface area contributed by atoms with Crippen molar-refractivity contribution in [3.63, 3.8) is 0 Å². The smallest absolute Gasteiger partial charge is 0.229 e. The van der Waals surface area contributed by atoms with Crippen molar-refractivity contribution in [2.45, 2.75) is 57.4 Å². The van der Waals surface area contributed by atoms with Crippen LogP contribution >= 0.6 is 0 Å². The molecule has 1 spiro atoms. The molecular weight excluding hydrogens is 312 g/mol. The molecule has 3 heterocycles. The Morgan fingerprint density at radius 3 is 2.56 bits per heavy atom. The average molecular weight is 338 g/mol. The summed E-state index contributed by atoms with van der Waals surface area (Å²) in [5.41, 5.74) is 0.468. The van der Waals surface area contributed by atoms with Gasteiger partial charge in [-0.15, -0.1) is 0 Å². The zero-order chi connectivity index (χ0) is 17.3. The van der Waals surface area contributed by atoms with Crippen molar-refractivity contribution in [1.29, 1.82) is 5.26 Å². The Morgan fingerprint density at radius 1 is 1.12 bits per heavy atom. The standard InChI is InChI=1S/C20H26N4O/c21-15-16-5-4-11-22-18(16)23-12-8-20(9-13-23)10-14-24(19(20)25)17-6-2-1-3-7-17/h4-5,11,17H,1-3,6-10,12-14H2. The van der Waals surface area contributed by atoms with Crippen LogP contribution < -0.4 is 4.90 Å². The van der Waals surface area contributed by atoms with Crippen LogP contribution in [-0.2, 0) is 4.79 Å². The van der Waals surface area contributed by atoms with E-state index >= 15 is 0 Å². The number of hydrogen-bond acceptors (Lipinski definition) is 4. The highest BCUT2D eigenvalue weighted by molar-refractivity contribution is 5.85. The van der Waals surface area contributed by atoms with Gasteiger partial charge in [0.05, 0.1) is 11.0 Å². The van der Waals surface area contributed by atoms with Crippen LogP contribution in [0.2, 0.25) is 0 Å². The number of piperidine rings is 1. The average Bonchev–Trinajstić information content (AvgIpc) is 2.99. The number of anilines is 1. The predicted octanol–water partition coefficient (Wildman–Crippen LogP) is 3.10. The van der Waals surface area contributed by atoms with Crippen LogP contribution in [0.5, 0.6) is 0 Å². The highest BCUT2D eigenvalue weighted by atomic mass is 16.2. The lowest BCUT2D eigenvalue weighted by molar-refractivity contribution is -0.139. The summed E-state index contributed by atoms with van der Waals surface area (Å²) >= 11 is 0. The molecule has 0 aromatic carbocycles. The monoisotopic (exact) mass is 338 g/mol. The van der Waals surface area contributed by atoms with Crippen LogP contribution in [0.1, 0.15) is 56.9 Å². The van der Waals surface area contributed by atoms with E-state index < -0.39 is 0 Å². The van der Waals surface area contributed by atoms with Gasteiger partial charge >= 0.3 is 0 Å². The minimum absolute atomic E-state index is 0.157. The Bertz CT molecular complexity index is 681. The fourth-order valence-corrected chi connectivity index (χ4v) is 4.94. The maximum Gasteiger partial charge on any atom is 0.229 e. The van der Waals surface area contributed by atoms with Gasteiger partial charge in [-0.2, -0.15) is 5.26 Å². The number of pyridine rings is 1. The van der Waals surface area contributed by atoms with Gasteiger partial charge < -0.3 is 9.80 Å². The van der Waals surface area contributed by atoms with Crippen molar-refractivity contribution < 1.29 is 4.79 Å². The third-order valence-corrected chi connectivity index (χ3v) is 6.49. The number of amides is 1. The second-order valence-corrected chi connectivity index (χ2v) is 7.79. The molecule has 0 unspecified atom stereocenters. The van der Waals surface area contributed by atoms with Gasteiger partial charge in [0, 0.05) is 31.9 Å². The quantitative estimate of drug-likeness (QED) is 0.831. The maximum absolute atomic E-state index is 13.2. The van der Waals surface area contributed by atoms with E-state index in [0.29, 0.717) is 17.5 Å². The Morgan fingerprint density at radius 2 is 1.84 bits per heavy atom. The molecule has 0 N–H and O–H groups in total. The SMILES string of the molecule is N#Cc1cccnc1N1CCC2(CC1)CCN(C1CCCCC1)C2=O. The van der Waals surface area contributed by atoms with E-state index in [2.05, 4.69) is 20.9 Å². The van der Waals surface area contributed by atoms with Crippen LogP contribution in [-0.4, -0.2) is 41.5 Å². The molecular formula is C20H26N4O.